The van der Waals surface area contributed by atoms with Gasteiger partial charge in [-0.05, 0) is 49.4 Å². The number of hydrogen-bond acceptors (Lipinski definition) is 3. The van der Waals surface area contributed by atoms with Crippen molar-refractivity contribution < 1.29 is 14.2 Å². The van der Waals surface area contributed by atoms with Gasteiger partial charge in [0.25, 0.3) is 0 Å². The minimum Gasteiger partial charge on any atom is -0.317 e. The second-order valence-corrected chi connectivity index (χ2v) is 7.01. The first-order valence-corrected chi connectivity index (χ1v) is 7.84. The zero-order chi connectivity index (χ0) is 12.7. The number of ether oxygens (including phenoxy) is 3. The normalized spacial score (nSPS) is 49.8. The average Bonchev–Trinajstić information content (AvgIpc) is 2.87. The number of halogens is 1. The maximum absolute atomic E-state index is 6.38. The van der Waals surface area contributed by atoms with Crippen LogP contribution in [0.2, 0.25) is 0 Å². The second kappa shape index (κ2) is 3.42. The van der Waals surface area contributed by atoms with E-state index in [9.17, 15) is 0 Å². The topological polar surface area (TPSA) is 27.7 Å². The van der Waals surface area contributed by atoms with Crippen molar-refractivity contribution in [1.82, 2.24) is 0 Å². The Balaban J connectivity index is 1.59. The van der Waals surface area contributed by atoms with Gasteiger partial charge in [-0.1, -0.05) is 22.4 Å². The molecule has 5 unspecified atom stereocenters. The molecule has 0 N–H and O–H groups in total. The summed E-state index contributed by atoms with van der Waals surface area (Å²) in [6, 6.07) is 8.07. The van der Waals surface area contributed by atoms with E-state index in [1.807, 2.05) is 24.3 Å². The molecule has 0 aromatic heterocycles. The maximum atomic E-state index is 6.38. The minimum absolute atomic E-state index is 0.134. The van der Waals surface area contributed by atoms with Gasteiger partial charge < -0.3 is 14.2 Å². The predicted molar refractivity (Wildman–Crippen MR) is 71.3 cm³/mol. The van der Waals surface area contributed by atoms with Gasteiger partial charge >= 0.3 is 5.97 Å². The van der Waals surface area contributed by atoms with Gasteiger partial charge in [-0.3, -0.25) is 0 Å². The molecule has 2 aliphatic heterocycles. The van der Waals surface area contributed by atoms with Crippen LogP contribution >= 0.6 is 15.9 Å². The Morgan fingerprint density at radius 2 is 1.84 bits per heavy atom. The lowest BCUT2D eigenvalue weighted by atomic mass is 9.58. The van der Waals surface area contributed by atoms with Gasteiger partial charge in [-0.15, -0.1) is 0 Å². The molecule has 1 aromatic carbocycles. The molecule has 4 fully saturated rings. The summed E-state index contributed by atoms with van der Waals surface area (Å²) < 4.78 is 19.8. The standard InChI is InChI=1S/C15H15BrO3/c16-11-6-4-9(5-7-11)15-17-12-3-1-2-10-8-13(18-15)14(10,12)19-15/h4-7,10,12-13H,1-3,8H2. The van der Waals surface area contributed by atoms with Gasteiger partial charge in [0.1, 0.15) is 5.60 Å². The van der Waals surface area contributed by atoms with Crippen LogP contribution in [0.15, 0.2) is 28.7 Å². The largest absolute Gasteiger partial charge is 0.317 e. The first kappa shape index (κ1) is 11.3. The molecule has 4 aliphatic rings. The van der Waals surface area contributed by atoms with Crippen LogP contribution in [0.5, 0.6) is 0 Å². The molecule has 1 spiro atoms. The SMILES string of the molecule is Brc1ccc(C23OC4CCCC5CC(O2)C54O3)cc1. The van der Waals surface area contributed by atoms with Gasteiger partial charge in [0.05, 0.1) is 12.2 Å². The Kier molecular flexibility index (Phi) is 2.03. The third kappa shape index (κ3) is 1.20. The quantitative estimate of drug-likeness (QED) is 0.793. The molecule has 2 bridgehead atoms. The fourth-order valence-corrected chi connectivity index (χ4v) is 4.62. The molecular formula is C15H15BrO3. The molecule has 2 saturated carbocycles. The molecule has 2 heterocycles. The molecule has 0 amide bonds. The highest BCUT2D eigenvalue weighted by Crippen LogP contribution is 2.67. The van der Waals surface area contributed by atoms with E-state index in [1.54, 1.807) is 0 Å². The van der Waals surface area contributed by atoms with Gasteiger partial charge in [0.2, 0.25) is 0 Å². The summed E-state index contributed by atoms with van der Waals surface area (Å²) in [6.45, 7) is 0. The molecular weight excluding hydrogens is 308 g/mol. The van der Waals surface area contributed by atoms with Crippen molar-refractivity contribution in [3.05, 3.63) is 34.3 Å². The number of fused-ring (bicyclic) bond motifs is 1. The Morgan fingerprint density at radius 1 is 1.05 bits per heavy atom. The Bertz CT molecular complexity index is 545. The van der Waals surface area contributed by atoms with E-state index >= 15 is 0 Å². The van der Waals surface area contributed by atoms with E-state index in [-0.39, 0.29) is 17.8 Å². The van der Waals surface area contributed by atoms with Crippen LogP contribution in [0, 0.1) is 5.92 Å². The van der Waals surface area contributed by atoms with E-state index in [0.717, 1.165) is 22.9 Å². The smallest absolute Gasteiger partial charge is 0.313 e. The number of benzene rings is 1. The lowest BCUT2D eigenvalue weighted by molar-refractivity contribution is -0.338. The Labute approximate surface area is 120 Å². The monoisotopic (exact) mass is 322 g/mol. The van der Waals surface area contributed by atoms with Gasteiger partial charge in [0.15, 0.2) is 0 Å². The van der Waals surface area contributed by atoms with Crippen molar-refractivity contribution in [3.63, 3.8) is 0 Å². The first-order valence-electron chi connectivity index (χ1n) is 7.05. The molecule has 2 aliphatic carbocycles. The third-order valence-electron chi connectivity index (χ3n) is 5.27. The lowest BCUT2D eigenvalue weighted by Gasteiger charge is -2.54. The van der Waals surface area contributed by atoms with Crippen molar-refractivity contribution in [3.8, 4) is 0 Å². The Morgan fingerprint density at radius 3 is 2.63 bits per heavy atom. The Hall–Kier alpha value is -0.420. The minimum atomic E-state index is -0.935. The molecule has 4 heteroatoms. The van der Waals surface area contributed by atoms with Crippen molar-refractivity contribution in [2.75, 3.05) is 0 Å². The van der Waals surface area contributed by atoms with Gasteiger partial charge in [-0.25, -0.2) is 0 Å². The van der Waals surface area contributed by atoms with Crippen LogP contribution in [0.3, 0.4) is 0 Å². The van der Waals surface area contributed by atoms with Gasteiger partial charge in [-0.2, -0.15) is 0 Å². The van der Waals surface area contributed by atoms with Gasteiger partial charge in [0, 0.05) is 10.0 Å². The summed E-state index contributed by atoms with van der Waals surface area (Å²) in [5.74, 6) is -0.300. The molecule has 5 rings (SSSR count). The van der Waals surface area contributed by atoms with E-state index in [0.29, 0.717) is 5.92 Å². The van der Waals surface area contributed by atoms with Crippen LogP contribution in [-0.2, 0) is 20.2 Å². The van der Waals surface area contributed by atoms with Crippen LogP contribution in [-0.4, -0.2) is 17.8 Å². The summed E-state index contributed by atoms with van der Waals surface area (Å²) in [7, 11) is 0. The highest BCUT2D eigenvalue weighted by atomic mass is 79.9. The summed E-state index contributed by atoms with van der Waals surface area (Å²) >= 11 is 3.46. The van der Waals surface area contributed by atoms with Crippen molar-refractivity contribution >= 4 is 15.9 Å². The molecule has 5 atom stereocenters. The third-order valence-corrected chi connectivity index (χ3v) is 5.79. The summed E-state index contributed by atoms with van der Waals surface area (Å²) in [4.78, 5) is 0. The van der Waals surface area contributed by atoms with E-state index in [2.05, 4.69) is 15.9 Å². The summed E-state index contributed by atoms with van der Waals surface area (Å²) in [5.41, 5.74) is 0.846. The highest BCUT2D eigenvalue weighted by Gasteiger charge is 2.78. The van der Waals surface area contributed by atoms with Crippen LogP contribution in [0.4, 0.5) is 0 Å². The van der Waals surface area contributed by atoms with Crippen LogP contribution in [0.1, 0.15) is 31.2 Å². The highest BCUT2D eigenvalue weighted by molar-refractivity contribution is 9.10. The van der Waals surface area contributed by atoms with Crippen LogP contribution in [0.25, 0.3) is 0 Å². The summed E-state index contributed by atoms with van der Waals surface area (Å²) in [6.07, 6.45) is 5.22. The fourth-order valence-electron chi connectivity index (χ4n) is 4.36. The molecule has 1 aromatic rings. The zero-order valence-electron chi connectivity index (χ0n) is 10.5. The number of hydrogen-bond donors (Lipinski definition) is 0. The van der Waals surface area contributed by atoms with Crippen molar-refractivity contribution in [1.29, 1.82) is 0 Å². The molecule has 100 valence electrons. The molecule has 2 saturated heterocycles. The fraction of sp³-hybridized carbons (Fsp3) is 0.600. The number of rotatable bonds is 1. The van der Waals surface area contributed by atoms with Crippen molar-refractivity contribution in [2.24, 2.45) is 5.92 Å². The zero-order valence-corrected chi connectivity index (χ0v) is 12.1. The maximum Gasteiger partial charge on any atom is 0.313 e. The van der Waals surface area contributed by atoms with E-state index in [1.165, 1.54) is 12.8 Å². The average molecular weight is 323 g/mol. The predicted octanol–water partition coefficient (Wildman–Crippen LogP) is 3.32. The van der Waals surface area contributed by atoms with E-state index < -0.39 is 5.97 Å². The molecule has 3 nitrogen and oxygen atoms in total. The summed E-state index contributed by atoms with van der Waals surface area (Å²) in [5, 5.41) is 0. The second-order valence-electron chi connectivity index (χ2n) is 6.10. The van der Waals surface area contributed by atoms with Crippen molar-refractivity contribution in [2.45, 2.75) is 49.5 Å². The molecule has 19 heavy (non-hydrogen) atoms. The molecule has 0 radical (unpaired) electrons. The van der Waals surface area contributed by atoms with Crippen LogP contribution < -0.4 is 0 Å². The van der Waals surface area contributed by atoms with E-state index in [4.69, 9.17) is 14.2 Å². The first-order chi connectivity index (χ1) is 9.23. The lowest BCUT2D eigenvalue weighted by Crippen LogP contribution is -2.66.